The number of nitrogens with one attached hydrogen (secondary N) is 1. The highest BCUT2D eigenvalue weighted by Gasteiger charge is 2.18. The van der Waals surface area contributed by atoms with Crippen LogP contribution < -0.4 is 11.1 Å². The number of unbranched alkanes of at least 4 members (excludes halogenated alkanes) is 2. The largest absolute Gasteiger partial charge is 0.480 e. The number of amides is 1. The van der Waals surface area contributed by atoms with Crippen molar-refractivity contribution < 1.29 is 14.7 Å². The number of nitrogens with two attached hydrogens (primary N) is 1. The number of hydrogen-bond acceptors (Lipinski definition) is 3. The molecule has 0 rings (SSSR count). The van der Waals surface area contributed by atoms with E-state index in [-0.39, 0.29) is 5.91 Å². The van der Waals surface area contributed by atoms with Gasteiger partial charge in [-0.05, 0) is 39.2 Å². The smallest absolute Gasteiger partial charge is 0.326 e. The molecule has 0 spiro atoms. The Kier molecular flexibility index (Phi) is 24.6. The van der Waals surface area contributed by atoms with Gasteiger partial charge in [0.1, 0.15) is 6.04 Å². The van der Waals surface area contributed by atoms with Gasteiger partial charge in [0.2, 0.25) is 5.91 Å². The third-order valence-corrected chi connectivity index (χ3v) is 2.34. The maximum Gasteiger partial charge on any atom is 0.326 e. The average molecular weight is 302 g/mol. The molecular weight excluding hydrogens is 268 g/mol. The average Bonchev–Trinajstić information content (AvgIpc) is 2.47. The summed E-state index contributed by atoms with van der Waals surface area (Å²) in [6.45, 7) is 11.8. The molecule has 0 fully saturated rings. The van der Waals surface area contributed by atoms with Gasteiger partial charge in [-0.2, -0.15) is 0 Å². The summed E-state index contributed by atoms with van der Waals surface area (Å²) in [4.78, 5) is 22.2. The number of rotatable bonds is 9. The maximum absolute atomic E-state index is 11.4. The molecule has 0 aliphatic heterocycles. The second-order valence-corrected chi connectivity index (χ2v) is 4.25. The normalized spacial score (nSPS) is 10.1. The first-order valence-corrected chi connectivity index (χ1v) is 7.82. The zero-order valence-corrected chi connectivity index (χ0v) is 14.2. The van der Waals surface area contributed by atoms with E-state index in [2.05, 4.69) is 11.9 Å². The quantitative estimate of drug-likeness (QED) is 0.451. The molecule has 0 bridgehead atoms. The number of carbonyl (C=O) groups is 2. The first-order chi connectivity index (χ1) is 10.0. The van der Waals surface area contributed by atoms with Crippen LogP contribution in [-0.4, -0.2) is 29.6 Å². The van der Waals surface area contributed by atoms with Crippen LogP contribution in [0.4, 0.5) is 0 Å². The molecule has 1 atom stereocenters. The van der Waals surface area contributed by atoms with Crippen molar-refractivity contribution in [2.75, 3.05) is 6.54 Å². The fraction of sp³-hybridized carbons (Fsp3) is 0.750. The molecule has 21 heavy (non-hydrogen) atoms. The molecule has 1 amide bonds. The van der Waals surface area contributed by atoms with Crippen LogP contribution in [0.2, 0.25) is 0 Å². The van der Waals surface area contributed by atoms with Gasteiger partial charge in [0.25, 0.3) is 0 Å². The van der Waals surface area contributed by atoms with Crippen LogP contribution in [0.1, 0.15) is 66.2 Å². The lowest BCUT2D eigenvalue weighted by Gasteiger charge is -2.14. The van der Waals surface area contributed by atoms with Gasteiger partial charge < -0.3 is 16.2 Å². The molecule has 5 heteroatoms. The Hall–Kier alpha value is -1.36. The van der Waals surface area contributed by atoms with E-state index < -0.39 is 12.0 Å². The molecule has 0 aromatic rings. The SMILES string of the molecule is C=CC.CC.CCCCC(=O)N[C@@H](CCCCN)C(=O)O. The van der Waals surface area contributed by atoms with Gasteiger partial charge >= 0.3 is 5.97 Å². The zero-order valence-electron chi connectivity index (χ0n) is 14.2. The fourth-order valence-electron chi connectivity index (χ4n) is 1.35. The second kappa shape index (κ2) is 20.9. The third kappa shape index (κ3) is 21.1. The summed E-state index contributed by atoms with van der Waals surface area (Å²) in [5, 5.41) is 11.4. The standard InChI is InChI=1S/C11H22N2O3.C3H6.C2H6/c1-2-3-7-10(14)13-9(11(15)16)6-4-5-8-12;1-3-2;1-2/h9H,2-8,12H2,1H3,(H,13,14)(H,15,16);3H,1H2,2H3;1-2H3/t9-;;/m0../s1. The number of carboxylic acids is 1. The van der Waals surface area contributed by atoms with Gasteiger partial charge in [0.05, 0.1) is 0 Å². The molecule has 0 aliphatic rings. The maximum atomic E-state index is 11.4. The van der Waals surface area contributed by atoms with E-state index in [9.17, 15) is 9.59 Å². The molecule has 0 saturated heterocycles. The predicted octanol–water partition coefficient (Wildman–Crippen LogP) is 3.09. The molecule has 126 valence electrons. The van der Waals surface area contributed by atoms with E-state index in [0.29, 0.717) is 19.4 Å². The van der Waals surface area contributed by atoms with E-state index in [1.54, 1.807) is 6.08 Å². The summed E-state index contributed by atoms with van der Waals surface area (Å²) in [6, 6.07) is -0.768. The van der Waals surface area contributed by atoms with Gasteiger partial charge in [-0.1, -0.05) is 33.3 Å². The highest BCUT2D eigenvalue weighted by Crippen LogP contribution is 2.02. The van der Waals surface area contributed by atoms with Crippen molar-refractivity contribution in [3.05, 3.63) is 12.7 Å². The van der Waals surface area contributed by atoms with Gasteiger partial charge in [0, 0.05) is 6.42 Å². The van der Waals surface area contributed by atoms with Crippen molar-refractivity contribution >= 4 is 11.9 Å². The number of hydrogen-bond donors (Lipinski definition) is 3. The highest BCUT2D eigenvalue weighted by molar-refractivity contribution is 5.83. The van der Waals surface area contributed by atoms with Crippen molar-refractivity contribution in [2.45, 2.75) is 72.3 Å². The zero-order chi connectivity index (χ0) is 17.1. The fourth-order valence-corrected chi connectivity index (χ4v) is 1.35. The first-order valence-electron chi connectivity index (χ1n) is 7.82. The molecule has 4 N–H and O–H groups in total. The summed E-state index contributed by atoms with van der Waals surface area (Å²) in [5.41, 5.74) is 5.32. The van der Waals surface area contributed by atoms with Crippen LogP contribution in [0.15, 0.2) is 12.7 Å². The van der Waals surface area contributed by atoms with Crippen molar-refractivity contribution in [3.63, 3.8) is 0 Å². The van der Waals surface area contributed by atoms with E-state index in [0.717, 1.165) is 25.7 Å². The Morgan fingerprint density at radius 3 is 2.19 bits per heavy atom. The lowest BCUT2D eigenvalue weighted by molar-refractivity contribution is -0.142. The molecular formula is C16H34N2O3. The van der Waals surface area contributed by atoms with Crippen LogP contribution in [-0.2, 0) is 9.59 Å². The summed E-state index contributed by atoms with van der Waals surface area (Å²) in [5.74, 6) is -1.15. The predicted molar refractivity (Wildman–Crippen MR) is 89.2 cm³/mol. The topological polar surface area (TPSA) is 92.4 Å². The Bertz CT molecular complexity index is 256. The van der Waals surface area contributed by atoms with E-state index in [4.69, 9.17) is 10.8 Å². The van der Waals surface area contributed by atoms with Crippen LogP contribution in [0.25, 0.3) is 0 Å². The van der Waals surface area contributed by atoms with Crippen LogP contribution in [0.3, 0.4) is 0 Å². The van der Waals surface area contributed by atoms with Crippen molar-refractivity contribution in [1.82, 2.24) is 5.32 Å². The van der Waals surface area contributed by atoms with Gasteiger partial charge in [0.15, 0.2) is 0 Å². The van der Waals surface area contributed by atoms with Gasteiger partial charge in [-0.3, -0.25) is 4.79 Å². The molecule has 0 heterocycles. The summed E-state index contributed by atoms with van der Waals surface area (Å²) < 4.78 is 0. The van der Waals surface area contributed by atoms with Gasteiger partial charge in [-0.15, -0.1) is 6.58 Å². The van der Waals surface area contributed by atoms with E-state index >= 15 is 0 Å². The van der Waals surface area contributed by atoms with Crippen LogP contribution in [0.5, 0.6) is 0 Å². The summed E-state index contributed by atoms with van der Waals surface area (Å²) >= 11 is 0. The number of aliphatic carboxylic acids is 1. The van der Waals surface area contributed by atoms with Crippen molar-refractivity contribution in [2.24, 2.45) is 5.73 Å². The van der Waals surface area contributed by atoms with Gasteiger partial charge in [-0.25, -0.2) is 4.79 Å². The first kappa shape index (κ1) is 24.6. The van der Waals surface area contributed by atoms with E-state index in [1.165, 1.54) is 0 Å². The minimum absolute atomic E-state index is 0.179. The molecule has 5 nitrogen and oxygen atoms in total. The summed E-state index contributed by atoms with van der Waals surface area (Å²) in [7, 11) is 0. The Morgan fingerprint density at radius 2 is 1.81 bits per heavy atom. The second-order valence-electron chi connectivity index (χ2n) is 4.25. The van der Waals surface area contributed by atoms with Crippen LogP contribution >= 0.6 is 0 Å². The molecule has 0 saturated carbocycles. The molecule has 0 unspecified atom stereocenters. The third-order valence-electron chi connectivity index (χ3n) is 2.34. The Morgan fingerprint density at radius 1 is 1.29 bits per heavy atom. The number of carboxylic acid groups (broad SMARTS) is 1. The monoisotopic (exact) mass is 302 g/mol. The Labute approximate surface area is 130 Å². The molecule has 0 aromatic carbocycles. The summed E-state index contributed by atoms with van der Waals surface area (Å²) in [6.07, 6.45) is 5.83. The highest BCUT2D eigenvalue weighted by atomic mass is 16.4. The van der Waals surface area contributed by atoms with Crippen molar-refractivity contribution in [1.29, 1.82) is 0 Å². The number of carbonyl (C=O) groups excluding carboxylic acids is 1. The lowest BCUT2D eigenvalue weighted by atomic mass is 10.1. The number of allylic oxidation sites excluding steroid dienone is 1. The van der Waals surface area contributed by atoms with Crippen molar-refractivity contribution in [3.8, 4) is 0 Å². The lowest BCUT2D eigenvalue weighted by Crippen LogP contribution is -2.40. The van der Waals surface area contributed by atoms with E-state index in [1.807, 2.05) is 27.7 Å². The molecule has 0 aromatic heterocycles. The molecule has 0 aliphatic carbocycles. The minimum atomic E-state index is -0.970. The van der Waals surface area contributed by atoms with Crippen LogP contribution in [0, 0.1) is 0 Å². The molecule has 0 radical (unpaired) electrons. The Balaban J connectivity index is -0.000000569. The minimum Gasteiger partial charge on any atom is -0.480 e.